The summed E-state index contributed by atoms with van der Waals surface area (Å²) in [4.78, 5) is 14.3. The lowest BCUT2D eigenvalue weighted by Gasteiger charge is -2.38. The van der Waals surface area contributed by atoms with E-state index >= 15 is 0 Å². The first kappa shape index (κ1) is 20.9. The number of nitrogens with one attached hydrogen (secondary N) is 1. The molecule has 5 nitrogen and oxygen atoms in total. The Morgan fingerprint density at radius 1 is 1.38 bits per heavy atom. The van der Waals surface area contributed by atoms with Crippen molar-refractivity contribution in [2.45, 2.75) is 44.8 Å². The highest BCUT2D eigenvalue weighted by atomic mass is 35.5. The zero-order chi connectivity index (χ0) is 13.9. The van der Waals surface area contributed by atoms with Crippen LogP contribution >= 0.6 is 24.8 Å². The Labute approximate surface area is 140 Å². The molecule has 21 heavy (non-hydrogen) atoms. The van der Waals surface area contributed by atoms with E-state index in [4.69, 9.17) is 10.5 Å². The van der Waals surface area contributed by atoms with Gasteiger partial charge in [-0.1, -0.05) is 0 Å². The fraction of sp³-hybridized carbons (Fsp3) is 0.929. The maximum atomic E-state index is 12.0. The maximum absolute atomic E-state index is 12.0. The number of carbonyl (C=O) groups excluding carboxylic acids is 1. The van der Waals surface area contributed by atoms with E-state index in [2.05, 4.69) is 24.1 Å². The largest absolute Gasteiger partial charge is 0.373 e. The van der Waals surface area contributed by atoms with Crippen molar-refractivity contribution in [1.82, 2.24) is 10.2 Å². The molecule has 2 rings (SSSR count). The van der Waals surface area contributed by atoms with Crippen LogP contribution in [0.25, 0.3) is 0 Å². The lowest BCUT2D eigenvalue weighted by molar-refractivity contribution is -0.125. The van der Waals surface area contributed by atoms with Gasteiger partial charge in [-0.3, -0.25) is 9.69 Å². The van der Waals surface area contributed by atoms with Crippen LogP contribution in [0.5, 0.6) is 0 Å². The average Bonchev–Trinajstić information content (AvgIpc) is 2.74. The van der Waals surface area contributed by atoms with E-state index in [9.17, 15) is 4.79 Å². The van der Waals surface area contributed by atoms with Crippen LogP contribution in [0.15, 0.2) is 0 Å². The number of halogens is 2. The standard InChI is InChI=1S/C14H27N3O2.2ClH/c1-14(2)10-17(7-8-19-14)6-5-16-13(18)11-3-4-12(15)9-11;;/h11-12H,3-10,15H2,1-2H3,(H,16,18);2*1H. The van der Waals surface area contributed by atoms with E-state index in [1.54, 1.807) is 0 Å². The van der Waals surface area contributed by atoms with Gasteiger partial charge in [0.05, 0.1) is 12.2 Å². The molecular formula is C14H29Cl2N3O2. The molecule has 1 saturated heterocycles. The molecule has 3 N–H and O–H groups in total. The number of hydrogen-bond acceptors (Lipinski definition) is 4. The molecule has 0 spiro atoms. The van der Waals surface area contributed by atoms with Gasteiger partial charge >= 0.3 is 0 Å². The second kappa shape index (κ2) is 9.16. The number of nitrogens with two attached hydrogens (primary N) is 1. The first-order chi connectivity index (χ1) is 8.96. The molecule has 2 unspecified atom stereocenters. The summed E-state index contributed by atoms with van der Waals surface area (Å²) in [5, 5.41) is 3.04. The van der Waals surface area contributed by atoms with Crippen LogP contribution in [-0.4, -0.2) is 55.2 Å². The van der Waals surface area contributed by atoms with Crippen LogP contribution in [0.4, 0.5) is 0 Å². The highest BCUT2D eigenvalue weighted by Crippen LogP contribution is 2.24. The Balaban J connectivity index is 0.00000200. The first-order valence-electron chi connectivity index (χ1n) is 7.36. The van der Waals surface area contributed by atoms with Crippen LogP contribution in [0.2, 0.25) is 0 Å². The van der Waals surface area contributed by atoms with E-state index in [1.165, 1.54) is 0 Å². The monoisotopic (exact) mass is 341 g/mol. The molecule has 1 heterocycles. The van der Waals surface area contributed by atoms with Crippen molar-refractivity contribution in [2.24, 2.45) is 11.7 Å². The second-order valence-electron chi connectivity index (χ2n) is 6.45. The van der Waals surface area contributed by atoms with Crippen molar-refractivity contribution in [3.63, 3.8) is 0 Å². The van der Waals surface area contributed by atoms with Gasteiger partial charge in [0.25, 0.3) is 0 Å². The van der Waals surface area contributed by atoms with Crippen LogP contribution in [0, 0.1) is 5.92 Å². The third-order valence-electron chi connectivity index (χ3n) is 4.08. The Kier molecular flexibility index (Phi) is 9.12. The molecule has 2 fully saturated rings. The fourth-order valence-corrected chi connectivity index (χ4v) is 3.04. The molecule has 0 aromatic carbocycles. The molecular weight excluding hydrogens is 313 g/mol. The van der Waals surface area contributed by atoms with Crippen molar-refractivity contribution < 1.29 is 9.53 Å². The Morgan fingerprint density at radius 3 is 2.67 bits per heavy atom. The summed E-state index contributed by atoms with van der Waals surface area (Å²) >= 11 is 0. The summed E-state index contributed by atoms with van der Waals surface area (Å²) < 4.78 is 5.67. The second-order valence-corrected chi connectivity index (χ2v) is 6.45. The van der Waals surface area contributed by atoms with Gasteiger partial charge in [-0.05, 0) is 33.1 Å². The molecule has 1 amide bonds. The van der Waals surface area contributed by atoms with Gasteiger partial charge in [0.15, 0.2) is 0 Å². The van der Waals surface area contributed by atoms with E-state index < -0.39 is 0 Å². The summed E-state index contributed by atoms with van der Waals surface area (Å²) in [6, 6.07) is 0.218. The molecule has 1 aliphatic carbocycles. The van der Waals surface area contributed by atoms with Gasteiger partial charge in [0.1, 0.15) is 0 Å². The SMILES string of the molecule is CC1(C)CN(CCNC(=O)C2CCC(N)C2)CCO1.Cl.Cl. The van der Waals surface area contributed by atoms with Gasteiger partial charge in [-0.25, -0.2) is 0 Å². The summed E-state index contributed by atoms with van der Waals surface area (Å²) in [7, 11) is 0. The minimum atomic E-state index is -0.0690. The third kappa shape index (κ3) is 6.70. The zero-order valence-electron chi connectivity index (χ0n) is 13.0. The minimum Gasteiger partial charge on any atom is -0.373 e. The molecule has 0 aromatic heterocycles. The molecule has 126 valence electrons. The van der Waals surface area contributed by atoms with Gasteiger partial charge in [-0.2, -0.15) is 0 Å². The smallest absolute Gasteiger partial charge is 0.223 e. The molecule has 2 aliphatic rings. The molecule has 1 saturated carbocycles. The van der Waals surface area contributed by atoms with Crippen molar-refractivity contribution in [3.05, 3.63) is 0 Å². The lowest BCUT2D eigenvalue weighted by Crippen LogP contribution is -2.50. The molecule has 7 heteroatoms. The average molecular weight is 342 g/mol. The number of morpholine rings is 1. The first-order valence-corrected chi connectivity index (χ1v) is 7.36. The number of nitrogens with zero attached hydrogens (tertiary/aromatic N) is 1. The summed E-state index contributed by atoms with van der Waals surface area (Å²) in [6.07, 6.45) is 2.77. The fourth-order valence-electron chi connectivity index (χ4n) is 3.04. The van der Waals surface area contributed by atoms with Gasteiger partial charge in [0.2, 0.25) is 5.91 Å². The predicted molar refractivity (Wildman–Crippen MR) is 89.3 cm³/mol. The predicted octanol–water partition coefficient (Wildman–Crippen LogP) is 1.18. The summed E-state index contributed by atoms with van der Waals surface area (Å²) in [6.45, 7) is 8.50. The van der Waals surface area contributed by atoms with E-state index in [1.807, 2.05) is 0 Å². The number of amides is 1. The number of hydrogen-bond donors (Lipinski definition) is 2. The summed E-state index contributed by atoms with van der Waals surface area (Å²) in [5.41, 5.74) is 5.77. The third-order valence-corrected chi connectivity index (χ3v) is 4.08. The van der Waals surface area contributed by atoms with Crippen molar-refractivity contribution in [2.75, 3.05) is 32.8 Å². The lowest BCUT2D eigenvalue weighted by atomic mass is 10.1. The molecule has 0 bridgehead atoms. The van der Waals surface area contributed by atoms with Crippen LogP contribution < -0.4 is 11.1 Å². The Bertz CT molecular complexity index is 329. The number of ether oxygens (including phenoxy) is 1. The Morgan fingerprint density at radius 2 is 2.10 bits per heavy atom. The number of carbonyl (C=O) groups is 1. The molecule has 2 atom stereocenters. The Hall–Kier alpha value is -0.0700. The van der Waals surface area contributed by atoms with E-state index in [-0.39, 0.29) is 48.3 Å². The summed E-state index contributed by atoms with van der Waals surface area (Å²) in [5.74, 6) is 0.316. The van der Waals surface area contributed by atoms with Gasteiger partial charge in [0, 0.05) is 38.1 Å². The zero-order valence-corrected chi connectivity index (χ0v) is 14.6. The van der Waals surface area contributed by atoms with E-state index in [0.717, 1.165) is 52.0 Å². The number of rotatable bonds is 4. The van der Waals surface area contributed by atoms with Gasteiger partial charge < -0.3 is 15.8 Å². The highest BCUT2D eigenvalue weighted by molar-refractivity contribution is 5.85. The van der Waals surface area contributed by atoms with Crippen molar-refractivity contribution >= 4 is 30.7 Å². The normalized spacial score (nSPS) is 28.3. The van der Waals surface area contributed by atoms with Gasteiger partial charge in [-0.15, -0.1) is 24.8 Å². The van der Waals surface area contributed by atoms with Crippen molar-refractivity contribution in [3.8, 4) is 0 Å². The van der Waals surface area contributed by atoms with Crippen LogP contribution in [0.1, 0.15) is 33.1 Å². The van der Waals surface area contributed by atoms with Crippen LogP contribution in [0.3, 0.4) is 0 Å². The minimum absolute atomic E-state index is 0. The quantitative estimate of drug-likeness (QED) is 0.805. The van der Waals surface area contributed by atoms with Crippen LogP contribution in [-0.2, 0) is 9.53 Å². The molecule has 1 aliphatic heterocycles. The maximum Gasteiger partial charge on any atom is 0.223 e. The highest BCUT2D eigenvalue weighted by Gasteiger charge is 2.29. The van der Waals surface area contributed by atoms with E-state index in [0.29, 0.717) is 0 Å². The molecule has 0 radical (unpaired) electrons. The van der Waals surface area contributed by atoms with Crippen molar-refractivity contribution in [1.29, 1.82) is 0 Å². The molecule has 0 aromatic rings. The topological polar surface area (TPSA) is 67.6 Å².